The Morgan fingerprint density at radius 3 is 3.00 bits per heavy atom. The van der Waals surface area contributed by atoms with Gasteiger partial charge < -0.3 is 10.5 Å². The van der Waals surface area contributed by atoms with Gasteiger partial charge in [0.15, 0.2) is 0 Å². The Kier molecular flexibility index (Phi) is 4.83. The van der Waals surface area contributed by atoms with E-state index in [0.717, 1.165) is 24.0 Å². The van der Waals surface area contributed by atoms with E-state index in [9.17, 15) is 0 Å². The number of halogens is 1. The first-order valence-corrected chi connectivity index (χ1v) is 7.98. The van der Waals surface area contributed by atoms with Gasteiger partial charge in [0.05, 0.1) is 11.6 Å². The molecular formula is C13H21BrN2OS. The molecule has 0 saturated carbocycles. The highest BCUT2D eigenvalue weighted by Crippen LogP contribution is 2.33. The van der Waals surface area contributed by atoms with Gasteiger partial charge in [-0.1, -0.05) is 0 Å². The zero-order valence-electron chi connectivity index (χ0n) is 11.0. The van der Waals surface area contributed by atoms with Gasteiger partial charge in [-0.25, -0.2) is 0 Å². The van der Waals surface area contributed by atoms with Gasteiger partial charge in [-0.05, 0) is 48.3 Å². The summed E-state index contributed by atoms with van der Waals surface area (Å²) >= 11 is 5.29. The molecule has 1 fully saturated rings. The number of ether oxygens (including phenoxy) is 1. The van der Waals surface area contributed by atoms with Crippen molar-refractivity contribution in [2.45, 2.75) is 31.4 Å². The third kappa shape index (κ3) is 3.14. The van der Waals surface area contributed by atoms with Gasteiger partial charge in [0.1, 0.15) is 0 Å². The monoisotopic (exact) mass is 332 g/mol. The minimum absolute atomic E-state index is 0.0276. The molecule has 2 rings (SSSR count). The van der Waals surface area contributed by atoms with Gasteiger partial charge in [0, 0.05) is 34.9 Å². The summed E-state index contributed by atoms with van der Waals surface area (Å²) in [7, 11) is 1.81. The largest absolute Gasteiger partial charge is 0.377 e. The summed E-state index contributed by atoms with van der Waals surface area (Å²) in [6.07, 6.45) is 2.30. The lowest BCUT2D eigenvalue weighted by atomic mass is 9.93. The van der Waals surface area contributed by atoms with Crippen molar-refractivity contribution in [1.82, 2.24) is 4.90 Å². The van der Waals surface area contributed by atoms with E-state index in [1.165, 1.54) is 11.3 Å². The van der Waals surface area contributed by atoms with Crippen LogP contribution in [0.1, 0.15) is 30.7 Å². The van der Waals surface area contributed by atoms with E-state index >= 15 is 0 Å². The van der Waals surface area contributed by atoms with Gasteiger partial charge in [0.25, 0.3) is 0 Å². The van der Waals surface area contributed by atoms with Crippen molar-refractivity contribution in [3.8, 4) is 0 Å². The number of nitrogens with two attached hydrogens (primary N) is 1. The van der Waals surface area contributed by atoms with E-state index in [-0.39, 0.29) is 5.60 Å². The molecule has 1 saturated heterocycles. The van der Waals surface area contributed by atoms with Crippen molar-refractivity contribution in [2.24, 2.45) is 5.73 Å². The fourth-order valence-corrected chi connectivity index (χ4v) is 4.22. The zero-order valence-corrected chi connectivity index (χ0v) is 13.4. The molecule has 1 aliphatic heterocycles. The van der Waals surface area contributed by atoms with Crippen LogP contribution in [0.15, 0.2) is 15.9 Å². The third-order valence-corrected chi connectivity index (χ3v) is 5.56. The van der Waals surface area contributed by atoms with Crippen LogP contribution < -0.4 is 5.73 Å². The fraction of sp³-hybridized carbons (Fsp3) is 0.692. The van der Waals surface area contributed by atoms with E-state index in [1.807, 2.05) is 7.11 Å². The number of methoxy groups -OCH3 is 1. The van der Waals surface area contributed by atoms with Crippen LogP contribution in [0.2, 0.25) is 0 Å². The van der Waals surface area contributed by atoms with Crippen LogP contribution in [-0.4, -0.2) is 37.2 Å². The Morgan fingerprint density at radius 1 is 1.67 bits per heavy atom. The quantitative estimate of drug-likeness (QED) is 0.921. The van der Waals surface area contributed by atoms with Crippen LogP contribution in [0.3, 0.4) is 0 Å². The molecule has 0 aromatic carbocycles. The van der Waals surface area contributed by atoms with Crippen LogP contribution in [0.5, 0.6) is 0 Å². The molecule has 0 aliphatic carbocycles. The molecule has 2 N–H and O–H groups in total. The number of nitrogens with zero attached hydrogens (tertiary/aromatic N) is 1. The highest BCUT2D eigenvalue weighted by Gasteiger charge is 2.34. The molecule has 1 aliphatic rings. The van der Waals surface area contributed by atoms with E-state index in [1.54, 1.807) is 11.3 Å². The van der Waals surface area contributed by atoms with Crippen molar-refractivity contribution < 1.29 is 4.74 Å². The van der Waals surface area contributed by atoms with Crippen LogP contribution >= 0.6 is 27.3 Å². The Labute approximate surface area is 121 Å². The smallest absolute Gasteiger partial charge is 0.0777 e. The van der Waals surface area contributed by atoms with Crippen LogP contribution in [0.4, 0.5) is 0 Å². The maximum Gasteiger partial charge on any atom is 0.0777 e. The lowest BCUT2D eigenvalue weighted by Gasteiger charge is -2.42. The predicted molar refractivity (Wildman–Crippen MR) is 80.0 cm³/mol. The molecule has 2 unspecified atom stereocenters. The first kappa shape index (κ1) is 14.5. The molecule has 0 amide bonds. The SMILES string of the molecule is COC1(C)CCCN(C(CN)c2cc(Br)cs2)C1. The predicted octanol–water partition coefficient (Wildman–Crippen LogP) is 3.01. The first-order valence-electron chi connectivity index (χ1n) is 6.31. The van der Waals surface area contributed by atoms with Crippen molar-refractivity contribution >= 4 is 27.3 Å². The van der Waals surface area contributed by atoms with Gasteiger partial charge >= 0.3 is 0 Å². The molecule has 0 bridgehead atoms. The van der Waals surface area contributed by atoms with Crippen molar-refractivity contribution in [3.63, 3.8) is 0 Å². The number of thiophene rings is 1. The Morgan fingerprint density at radius 2 is 2.44 bits per heavy atom. The summed E-state index contributed by atoms with van der Waals surface area (Å²) in [5.41, 5.74) is 5.96. The maximum absolute atomic E-state index is 5.98. The lowest BCUT2D eigenvalue weighted by molar-refractivity contribution is -0.0605. The third-order valence-electron chi connectivity index (χ3n) is 3.76. The van der Waals surface area contributed by atoms with Crippen molar-refractivity contribution in [3.05, 3.63) is 20.8 Å². The summed E-state index contributed by atoms with van der Waals surface area (Å²) in [5.74, 6) is 0. The van der Waals surface area contributed by atoms with Gasteiger partial charge in [-0.15, -0.1) is 11.3 Å². The first-order chi connectivity index (χ1) is 8.58. The molecule has 1 aromatic heterocycles. The highest BCUT2D eigenvalue weighted by atomic mass is 79.9. The Bertz CT molecular complexity index is 398. The number of hydrogen-bond donors (Lipinski definition) is 1. The molecule has 0 spiro atoms. The van der Waals surface area contributed by atoms with Crippen LogP contribution in [-0.2, 0) is 4.74 Å². The number of likely N-dealkylation sites (tertiary alicyclic amines) is 1. The van der Waals surface area contributed by atoms with Gasteiger partial charge in [-0.3, -0.25) is 4.90 Å². The molecule has 1 aromatic rings. The topological polar surface area (TPSA) is 38.5 Å². The Balaban J connectivity index is 2.13. The molecular weight excluding hydrogens is 312 g/mol. The standard InChI is InChI=1S/C13H21BrN2OS/c1-13(17-2)4-3-5-16(9-13)11(7-15)12-6-10(14)8-18-12/h6,8,11H,3-5,7,9,15H2,1-2H3. The second-order valence-electron chi connectivity index (χ2n) is 5.15. The summed E-state index contributed by atoms with van der Waals surface area (Å²) in [4.78, 5) is 3.80. The average Bonchev–Trinajstić information content (AvgIpc) is 2.77. The lowest BCUT2D eigenvalue weighted by Crippen LogP contribution is -2.49. The number of piperidine rings is 1. The average molecular weight is 333 g/mol. The highest BCUT2D eigenvalue weighted by molar-refractivity contribution is 9.10. The molecule has 102 valence electrons. The molecule has 5 heteroatoms. The van der Waals surface area contributed by atoms with Crippen molar-refractivity contribution in [2.75, 3.05) is 26.7 Å². The molecule has 3 nitrogen and oxygen atoms in total. The van der Waals surface area contributed by atoms with E-state index in [4.69, 9.17) is 10.5 Å². The Hall–Kier alpha value is 0.0600. The second-order valence-corrected chi connectivity index (χ2v) is 7.01. The van der Waals surface area contributed by atoms with Gasteiger partial charge in [-0.2, -0.15) is 0 Å². The summed E-state index contributed by atoms with van der Waals surface area (Å²) in [6.45, 7) is 4.92. The molecule has 0 radical (unpaired) electrons. The van der Waals surface area contributed by atoms with E-state index in [0.29, 0.717) is 12.6 Å². The zero-order chi connectivity index (χ0) is 13.2. The van der Waals surface area contributed by atoms with Crippen LogP contribution in [0.25, 0.3) is 0 Å². The van der Waals surface area contributed by atoms with E-state index < -0.39 is 0 Å². The minimum atomic E-state index is -0.0276. The van der Waals surface area contributed by atoms with Gasteiger partial charge in [0.2, 0.25) is 0 Å². The fourth-order valence-electron chi connectivity index (χ4n) is 2.62. The van der Waals surface area contributed by atoms with E-state index in [2.05, 4.69) is 39.2 Å². The number of rotatable bonds is 4. The molecule has 2 heterocycles. The molecule has 2 atom stereocenters. The second kappa shape index (κ2) is 6.01. The summed E-state index contributed by atoms with van der Waals surface area (Å²) < 4.78 is 6.80. The normalized spacial score (nSPS) is 27.3. The number of hydrogen-bond acceptors (Lipinski definition) is 4. The maximum atomic E-state index is 5.98. The van der Waals surface area contributed by atoms with Crippen molar-refractivity contribution in [1.29, 1.82) is 0 Å². The van der Waals surface area contributed by atoms with Crippen LogP contribution in [0, 0.1) is 0 Å². The summed E-state index contributed by atoms with van der Waals surface area (Å²) in [5, 5.41) is 2.12. The molecule has 18 heavy (non-hydrogen) atoms. The minimum Gasteiger partial charge on any atom is -0.377 e. The summed E-state index contributed by atoms with van der Waals surface area (Å²) in [6, 6.07) is 2.50.